The second-order valence-corrected chi connectivity index (χ2v) is 6.14. The number of fused-ring (bicyclic) bond motifs is 1. The summed E-state index contributed by atoms with van der Waals surface area (Å²) in [6, 6.07) is 6.30. The minimum absolute atomic E-state index is 0.0267. The highest BCUT2D eigenvalue weighted by atomic mass is 35.5. The predicted octanol–water partition coefficient (Wildman–Crippen LogP) is 3.46. The Morgan fingerprint density at radius 2 is 2.09 bits per heavy atom. The number of ether oxygens (including phenoxy) is 1. The standard InChI is InChI=1S/C15H7ClFNO4S/c16-12-11-10(23-15(21)13(11)20)4-9(19)14(12)22-8-2-6(5-18)1-7(17)3-8/h1-4,15,19,21H. The van der Waals surface area contributed by atoms with Gasteiger partial charge in [-0.25, -0.2) is 4.39 Å². The monoisotopic (exact) mass is 351 g/mol. The Balaban J connectivity index is 2.07. The number of benzene rings is 2. The van der Waals surface area contributed by atoms with Gasteiger partial charge in [-0.05, 0) is 18.2 Å². The Kier molecular flexibility index (Phi) is 3.90. The molecule has 0 aliphatic carbocycles. The summed E-state index contributed by atoms with van der Waals surface area (Å²) in [6.45, 7) is 0. The molecule has 1 aliphatic rings. The number of phenolic OH excluding ortho intramolecular Hbond substituents is 1. The van der Waals surface area contributed by atoms with E-state index in [1.807, 2.05) is 0 Å². The van der Waals surface area contributed by atoms with Crippen LogP contribution in [0.4, 0.5) is 4.39 Å². The van der Waals surface area contributed by atoms with Crippen LogP contribution in [0.25, 0.3) is 0 Å². The van der Waals surface area contributed by atoms with E-state index in [1.165, 1.54) is 12.1 Å². The fraction of sp³-hybridized carbons (Fsp3) is 0.0667. The second kappa shape index (κ2) is 5.74. The fourth-order valence-electron chi connectivity index (χ4n) is 2.12. The summed E-state index contributed by atoms with van der Waals surface area (Å²) in [5.74, 6) is -1.97. The number of aliphatic hydroxyl groups excluding tert-OH is 1. The van der Waals surface area contributed by atoms with Gasteiger partial charge in [-0.3, -0.25) is 4.79 Å². The van der Waals surface area contributed by atoms with Crippen LogP contribution in [0.1, 0.15) is 15.9 Å². The summed E-state index contributed by atoms with van der Waals surface area (Å²) in [6.07, 6.45) is 0. The molecule has 5 nitrogen and oxygen atoms in total. The smallest absolute Gasteiger partial charge is 0.204 e. The molecule has 1 heterocycles. The highest BCUT2D eigenvalue weighted by Gasteiger charge is 2.35. The maximum atomic E-state index is 13.4. The van der Waals surface area contributed by atoms with Crippen molar-refractivity contribution in [3.63, 3.8) is 0 Å². The van der Waals surface area contributed by atoms with Gasteiger partial charge >= 0.3 is 0 Å². The van der Waals surface area contributed by atoms with Gasteiger partial charge in [-0.1, -0.05) is 23.4 Å². The third-order valence-electron chi connectivity index (χ3n) is 3.10. The molecule has 3 rings (SSSR count). The number of aromatic hydroxyl groups is 1. The van der Waals surface area contributed by atoms with Crippen molar-refractivity contribution >= 4 is 29.1 Å². The zero-order valence-electron chi connectivity index (χ0n) is 11.2. The average molecular weight is 352 g/mol. The molecule has 116 valence electrons. The molecule has 1 atom stereocenters. The number of aliphatic hydroxyl groups is 1. The molecule has 23 heavy (non-hydrogen) atoms. The van der Waals surface area contributed by atoms with Gasteiger partial charge in [0, 0.05) is 11.0 Å². The summed E-state index contributed by atoms with van der Waals surface area (Å²) < 4.78 is 18.8. The van der Waals surface area contributed by atoms with Crippen molar-refractivity contribution in [2.24, 2.45) is 0 Å². The molecule has 8 heteroatoms. The highest BCUT2D eigenvalue weighted by Crippen LogP contribution is 2.48. The van der Waals surface area contributed by atoms with Crippen LogP contribution in [-0.4, -0.2) is 21.4 Å². The van der Waals surface area contributed by atoms with Gasteiger partial charge in [0.15, 0.2) is 16.9 Å². The molecule has 0 saturated heterocycles. The van der Waals surface area contributed by atoms with Crippen LogP contribution in [0.3, 0.4) is 0 Å². The van der Waals surface area contributed by atoms with Gasteiger partial charge in [0.25, 0.3) is 0 Å². The second-order valence-electron chi connectivity index (χ2n) is 4.64. The van der Waals surface area contributed by atoms with Crippen molar-refractivity contribution < 1.29 is 24.1 Å². The van der Waals surface area contributed by atoms with E-state index in [2.05, 4.69) is 0 Å². The number of thioether (sulfide) groups is 1. The SMILES string of the molecule is N#Cc1cc(F)cc(Oc2c(O)cc3c(c2Cl)C(=O)C(O)S3)c1. The molecule has 0 amide bonds. The van der Waals surface area contributed by atoms with Crippen molar-refractivity contribution in [2.75, 3.05) is 0 Å². The summed E-state index contributed by atoms with van der Waals surface area (Å²) in [7, 11) is 0. The van der Waals surface area contributed by atoms with Crippen molar-refractivity contribution in [1.82, 2.24) is 0 Å². The Labute approximate surface area is 138 Å². The first-order valence-corrected chi connectivity index (χ1v) is 7.49. The van der Waals surface area contributed by atoms with Gasteiger partial charge in [0.05, 0.1) is 22.2 Å². The molecular weight excluding hydrogens is 345 g/mol. The lowest BCUT2D eigenvalue weighted by Gasteiger charge is -2.12. The lowest BCUT2D eigenvalue weighted by molar-refractivity contribution is 0.0874. The molecule has 0 radical (unpaired) electrons. The zero-order chi connectivity index (χ0) is 16.7. The average Bonchev–Trinajstić information content (AvgIpc) is 2.77. The van der Waals surface area contributed by atoms with Gasteiger partial charge in [-0.15, -0.1) is 0 Å². The van der Waals surface area contributed by atoms with E-state index in [-0.39, 0.29) is 33.4 Å². The lowest BCUT2D eigenvalue weighted by Crippen LogP contribution is -2.10. The maximum Gasteiger partial charge on any atom is 0.204 e. The predicted molar refractivity (Wildman–Crippen MR) is 80.5 cm³/mol. The molecule has 2 aromatic carbocycles. The van der Waals surface area contributed by atoms with E-state index in [0.717, 1.165) is 23.9 Å². The molecule has 0 spiro atoms. The first-order valence-electron chi connectivity index (χ1n) is 6.23. The molecule has 2 aromatic rings. The molecule has 1 unspecified atom stereocenters. The van der Waals surface area contributed by atoms with Crippen LogP contribution in [0.5, 0.6) is 17.2 Å². The fourth-order valence-corrected chi connectivity index (χ4v) is 3.47. The van der Waals surface area contributed by atoms with E-state index in [0.29, 0.717) is 4.90 Å². The topological polar surface area (TPSA) is 90.5 Å². The van der Waals surface area contributed by atoms with Gasteiger partial charge in [0.2, 0.25) is 5.78 Å². The zero-order valence-corrected chi connectivity index (χ0v) is 12.8. The minimum Gasteiger partial charge on any atom is -0.504 e. The Hall–Kier alpha value is -2.27. The minimum atomic E-state index is -1.29. The number of phenols is 1. The van der Waals surface area contributed by atoms with E-state index in [1.54, 1.807) is 6.07 Å². The number of halogens is 2. The van der Waals surface area contributed by atoms with E-state index in [4.69, 9.17) is 21.6 Å². The number of carbonyl (C=O) groups is 1. The summed E-state index contributed by atoms with van der Waals surface area (Å²) in [5, 5.41) is 28.2. The Morgan fingerprint density at radius 1 is 1.35 bits per heavy atom. The molecule has 1 aliphatic heterocycles. The van der Waals surface area contributed by atoms with E-state index >= 15 is 0 Å². The quantitative estimate of drug-likeness (QED) is 0.861. The largest absolute Gasteiger partial charge is 0.504 e. The lowest BCUT2D eigenvalue weighted by atomic mass is 10.1. The summed E-state index contributed by atoms with van der Waals surface area (Å²) >= 11 is 6.95. The van der Waals surface area contributed by atoms with Crippen molar-refractivity contribution in [3.05, 3.63) is 46.2 Å². The number of rotatable bonds is 2. The normalized spacial score (nSPS) is 16.1. The first kappa shape index (κ1) is 15.6. The number of hydrogen-bond acceptors (Lipinski definition) is 6. The highest BCUT2D eigenvalue weighted by molar-refractivity contribution is 8.01. The van der Waals surface area contributed by atoms with Crippen molar-refractivity contribution in [2.45, 2.75) is 10.3 Å². The van der Waals surface area contributed by atoms with Crippen molar-refractivity contribution in [3.8, 4) is 23.3 Å². The molecule has 0 bridgehead atoms. The Morgan fingerprint density at radius 3 is 2.78 bits per heavy atom. The van der Waals surface area contributed by atoms with Crippen LogP contribution in [0.15, 0.2) is 29.2 Å². The molecule has 2 N–H and O–H groups in total. The molecular formula is C15H7ClFNO4S. The molecule has 0 saturated carbocycles. The number of nitrogens with zero attached hydrogens (tertiary/aromatic N) is 1. The third-order valence-corrected chi connectivity index (χ3v) is 4.47. The van der Waals surface area contributed by atoms with Gasteiger partial charge in [0.1, 0.15) is 11.6 Å². The molecule has 0 aromatic heterocycles. The van der Waals surface area contributed by atoms with Gasteiger partial charge in [-0.2, -0.15) is 5.26 Å². The maximum absolute atomic E-state index is 13.4. The van der Waals surface area contributed by atoms with Crippen LogP contribution in [0.2, 0.25) is 5.02 Å². The van der Waals surface area contributed by atoms with E-state index < -0.39 is 17.0 Å². The molecule has 0 fully saturated rings. The first-order chi connectivity index (χ1) is 10.9. The van der Waals surface area contributed by atoms with Crippen molar-refractivity contribution in [1.29, 1.82) is 5.26 Å². The number of Topliss-reactive ketones (excluding diaryl/α,β-unsaturated/α-hetero) is 1. The Bertz CT molecular complexity index is 881. The van der Waals surface area contributed by atoms with Gasteiger partial charge < -0.3 is 14.9 Å². The van der Waals surface area contributed by atoms with Crippen LogP contribution in [0, 0.1) is 17.1 Å². The van der Waals surface area contributed by atoms with E-state index in [9.17, 15) is 19.4 Å². The van der Waals surface area contributed by atoms with Crippen LogP contribution >= 0.6 is 23.4 Å². The number of ketones is 1. The number of hydrogen-bond donors (Lipinski definition) is 2. The number of carbonyl (C=O) groups excluding carboxylic acids is 1. The summed E-state index contributed by atoms with van der Waals surface area (Å²) in [4.78, 5) is 12.2. The van der Waals surface area contributed by atoms with Crippen LogP contribution < -0.4 is 4.74 Å². The third kappa shape index (κ3) is 2.72. The summed E-state index contributed by atoms with van der Waals surface area (Å²) in [5.41, 5.74) is -1.23. The number of nitriles is 1. The van der Waals surface area contributed by atoms with Crippen LogP contribution in [-0.2, 0) is 0 Å².